The van der Waals surface area contributed by atoms with Crippen molar-refractivity contribution in [2.45, 2.75) is 37.0 Å². The van der Waals surface area contributed by atoms with Gasteiger partial charge in [-0.05, 0) is 55.2 Å². The summed E-state index contributed by atoms with van der Waals surface area (Å²) in [6, 6.07) is 8.34. The molecule has 180 valence electrons. The standard InChI is InChI=1S/C25H27ClN2O5S/c26-20-6-5-18(14-25(20)34(30,31)28-9-2-1-3-10-28)22(29)16-21-19-15-24-23(32-11-4-12-33-24)13-17(19)7-8-27-21/h5-6,13-16,27H,1-4,7-12H2/b21-16-. The molecule has 9 heteroatoms. The molecule has 7 nitrogen and oxygen atoms in total. The Morgan fingerprint density at radius 1 is 1.00 bits per heavy atom. The largest absolute Gasteiger partial charge is 0.490 e. The van der Waals surface area contributed by atoms with Crippen molar-refractivity contribution in [3.05, 3.63) is 58.1 Å². The van der Waals surface area contributed by atoms with E-state index in [-0.39, 0.29) is 21.3 Å². The van der Waals surface area contributed by atoms with Crippen molar-refractivity contribution in [2.75, 3.05) is 32.8 Å². The number of hydrogen-bond donors (Lipinski definition) is 1. The van der Waals surface area contributed by atoms with Crippen LogP contribution >= 0.6 is 11.6 Å². The molecule has 0 spiro atoms. The Morgan fingerprint density at radius 2 is 1.74 bits per heavy atom. The SMILES string of the molecule is O=C(/C=C1\NCCc2cc3c(cc21)OCCCO3)c1ccc(Cl)c(S(=O)(=O)N2CCCCC2)c1. The van der Waals surface area contributed by atoms with E-state index in [2.05, 4.69) is 5.32 Å². The van der Waals surface area contributed by atoms with Crippen LogP contribution < -0.4 is 14.8 Å². The van der Waals surface area contributed by atoms with Crippen LogP contribution in [-0.4, -0.2) is 51.4 Å². The molecule has 0 saturated carbocycles. The Hall–Kier alpha value is -2.55. The molecule has 0 unspecified atom stereocenters. The van der Waals surface area contributed by atoms with Gasteiger partial charge in [0.05, 0.1) is 18.2 Å². The maximum atomic E-state index is 13.2. The molecular weight excluding hydrogens is 476 g/mol. The highest BCUT2D eigenvalue weighted by Crippen LogP contribution is 2.37. The van der Waals surface area contributed by atoms with Gasteiger partial charge in [-0.15, -0.1) is 0 Å². The zero-order valence-electron chi connectivity index (χ0n) is 18.8. The average Bonchev–Trinajstić information content (AvgIpc) is 3.08. The summed E-state index contributed by atoms with van der Waals surface area (Å²) < 4.78 is 39.4. The van der Waals surface area contributed by atoms with Gasteiger partial charge in [0.2, 0.25) is 10.0 Å². The van der Waals surface area contributed by atoms with Crippen LogP contribution in [-0.2, 0) is 16.4 Å². The molecule has 1 N–H and O–H groups in total. The van der Waals surface area contributed by atoms with Crippen LogP contribution in [0.1, 0.15) is 47.2 Å². The third-order valence-electron chi connectivity index (χ3n) is 6.40. The highest BCUT2D eigenvalue weighted by atomic mass is 35.5. The first kappa shape index (κ1) is 23.2. The number of hydrogen-bond acceptors (Lipinski definition) is 6. The first-order valence-electron chi connectivity index (χ1n) is 11.7. The summed E-state index contributed by atoms with van der Waals surface area (Å²) >= 11 is 6.27. The predicted molar refractivity (Wildman–Crippen MR) is 130 cm³/mol. The van der Waals surface area contributed by atoms with E-state index in [0.29, 0.717) is 44.3 Å². The van der Waals surface area contributed by atoms with Gasteiger partial charge in [-0.1, -0.05) is 18.0 Å². The minimum absolute atomic E-state index is 0.0202. The lowest BCUT2D eigenvalue weighted by Crippen LogP contribution is -2.35. The third-order valence-corrected chi connectivity index (χ3v) is 8.78. The fourth-order valence-electron chi connectivity index (χ4n) is 4.58. The zero-order valence-corrected chi connectivity index (χ0v) is 20.4. The van der Waals surface area contributed by atoms with Gasteiger partial charge in [0.25, 0.3) is 0 Å². The number of piperidine rings is 1. The van der Waals surface area contributed by atoms with Gasteiger partial charge in [-0.3, -0.25) is 4.79 Å². The molecule has 0 radical (unpaired) electrons. The van der Waals surface area contributed by atoms with Crippen molar-refractivity contribution in [3.63, 3.8) is 0 Å². The number of allylic oxidation sites excluding steroid dienone is 1. The quantitative estimate of drug-likeness (QED) is 0.501. The van der Waals surface area contributed by atoms with Gasteiger partial charge in [0.15, 0.2) is 17.3 Å². The Morgan fingerprint density at radius 3 is 2.50 bits per heavy atom. The van der Waals surface area contributed by atoms with E-state index in [0.717, 1.165) is 49.0 Å². The smallest absolute Gasteiger partial charge is 0.244 e. The molecule has 0 bridgehead atoms. The second kappa shape index (κ2) is 9.60. The summed E-state index contributed by atoms with van der Waals surface area (Å²) in [5.74, 6) is 1.10. The fourth-order valence-corrected chi connectivity index (χ4v) is 6.59. The normalized spacial score (nSPS) is 19.7. The number of fused-ring (bicyclic) bond motifs is 2. The molecule has 3 heterocycles. The summed E-state index contributed by atoms with van der Waals surface area (Å²) in [6.07, 6.45) is 5.80. The molecule has 2 aromatic carbocycles. The van der Waals surface area contributed by atoms with Gasteiger partial charge in [-0.25, -0.2) is 8.42 Å². The lowest BCUT2D eigenvalue weighted by atomic mass is 9.95. The van der Waals surface area contributed by atoms with Crippen molar-refractivity contribution < 1.29 is 22.7 Å². The number of rotatable bonds is 4. The molecule has 3 aliphatic heterocycles. The summed E-state index contributed by atoms with van der Waals surface area (Å²) in [4.78, 5) is 13.2. The van der Waals surface area contributed by atoms with E-state index in [1.54, 1.807) is 6.07 Å². The molecule has 34 heavy (non-hydrogen) atoms. The van der Waals surface area contributed by atoms with E-state index in [9.17, 15) is 13.2 Å². The number of carbonyl (C=O) groups is 1. The number of carbonyl (C=O) groups excluding carboxylic acids is 1. The van der Waals surface area contributed by atoms with Crippen molar-refractivity contribution >= 4 is 33.1 Å². The number of benzene rings is 2. The Bertz CT molecular complexity index is 1250. The number of ketones is 1. The van der Waals surface area contributed by atoms with Gasteiger partial charge < -0.3 is 14.8 Å². The minimum atomic E-state index is -3.76. The summed E-state index contributed by atoms with van der Waals surface area (Å²) in [7, 11) is -3.76. The second-order valence-electron chi connectivity index (χ2n) is 8.72. The maximum Gasteiger partial charge on any atom is 0.244 e. The van der Waals surface area contributed by atoms with Crippen LogP contribution in [0.5, 0.6) is 11.5 Å². The molecule has 5 rings (SSSR count). The van der Waals surface area contributed by atoms with E-state index in [4.69, 9.17) is 21.1 Å². The second-order valence-corrected chi connectivity index (χ2v) is 11.0. The molecule has 0 amide bonds. The monoisotopic (exact) mass is 502 g/mol. The Balaban J connectivity index is 1.47. The zero-order chi connectivity index (χ0) is 23.7. The summed E-state index contributed by atoms with van der Waals surface area (Å²) in [5.41, 5.74) is 2.92. The van der Waals surface area contributed by atoms with Crippen LogP contribution in [0.2, 0.25) is 5.02 Å². The van der Waals surface area contributed by atoms with Crippen LogP contribution in [0, 0.1) is 0 Å². The van der Waals surface area contributed by atoms with Crippen molar-refractivity contribution in [2.24, 2.45) is 0 Å². The van der Waals surface area contributed by atoms with Crippen molar-refractivity contribution in [3.8, 4) is 11.5 Å². The average molecular weight is 503 g/mol. The molecule has 2 aromatic rings. The first-order valence-corrected chi connectivity index (χ1v) is 13.5. The van der Waals surface area contributed by atoms with Crippen LogP contribution in [0.3, 0.4) is 0 Å². The van der Waals surface area contributed by atoms with E-state index >= 15 is 0 Å². The maximum absolute atomic E-state index is 13.2. The van der Waals surface area contributed by atoms with Crippen LogP contribution in [0.15, 0.2) is 41.3 Å². The third kappa shape index (κ3) is 4.54. The van der Waals surface area contributed by atoms with E-state index in [1.807, 2.05) is 12.1 Å². The molecular formula is C25H27ClN2O5S. The lowest BCUT2D eigenvalue weighted by Gasteiger charge is -2.26. The minimum Gasteiger partial charge on any atom is -0.490 e. The summed E-state index contributed by atoms with van der Waals surface area (Å²) in [5, 5.41) is 3.42. The highest BCUT2D eigenvalue weighted by molar-refractivity contribution is 7.89. The van der Waals surface area contributed by atoms with Gasteiger partial charge >= 0.3 is 0 Å². The van der Waals surface area contributed by atoms with Crippen molar-refractivity contribution in [1.29, 1.82) is 0 Å². The van der Waals surface area contributed by atoms with Crippen LogP contribution in [0.4, 0.5) is 0 Å². The Labute approximate surface area is 204 Å². The molecule has 0 aliphatic carbocycles. The number of nitrogens with zero attached hydrogens (tertiary/aromatic N) is 1. The number of nitrogens with one attached hydrogen (secondary N) is 1. The number of sulfonamides is 1. The molecule has 0 atom stereocenters. The first-order chi connectivity index (χ1) is 16.4. The van der Waals surface area contributed by atoms with E-state index in [1.165, 1.54) is 22.5 Å². The lowest BCUT2D eigenvalue weighted by molar-refractivity contribution is 0.104. The van der Waals surface area contributed by atoms with Gasteiger partial charge in [-0.2, -0.15) is 4.31 Å². The van der Waals surface area contributed by atoms with Gasteiger partial charge in [0, 0.05) is 49.0 Å². The highest BCUT2D eigenvalue weighted by Gasteiger charge is 2.29. The molecule has 1 fully saturated rings. The van der Waals surface area contributed by atoms with Crippen molar-refractivity contribution in [1.82, 2.24) is 9.62 Å². The summed E-state index contributed by atoms with van der Waals surface area (Å²) in [6.45, 7) is 2.82. The number of halogens is 1. The molecule has 0 aromatic heterocycles. The van der Waals surface area contributed by atoms with E-state index < -0.39 is 10.0 Å². The molecule has 1 saturated heterocycles. The van der Waals surface area contributed by atoms with Crippen LogP contribution in [0.25, 0.3) is 5.70 Å². The fraction of sp³-hybridized carbons (Fsp3) is 0.400. The topological polar surface area (TPSA) is 84.9 Å². The number of ether oxygens (including phenoxy) is 2. The Kier molecular flexibility index (Phi) is 6.55. The molecule has 3 aliphatic rings. The van der Waals surface area contributed by atoms with Gasteiger partial charge in [0.1, 0.15) is 4.90 Å². The predicted octanol–water partition coefficient (Wildman–Crippen LogP) is 4.05.